The number of allylic oxidation sites excluding steroid dienone is 1. The van der Waals surface area contributed by atoms with Crippen molar-refractivity contribution >= 4 is 38.9 Å². The van der Waals surface area contributed by atoms with Gasteiger partial charge in [0, 0.05) is 15.4 Å². The third kappa shape index (κ3) is 3.73. The second-order valence-electron chi connectivity index (χ2n) is 4.99. The van der Waals surface area contributed by atoms with Crippen molar-refractivity contribution in [3.8, 4) is 23.1 Å². The number of nitrogens with zero attached hydrogens (tertiary/aromatic N) is 2. The van der Waals surface area contributed by atoms with Crippen molar-refractivity contribution in [3.05, 3.63) is 69.0 Å². The molecule has 3 aromatic rings. The maximum Gasteiger partial charge on any atom is 0.134 e. The molecule has 0 spiro atoms. The van der Waals surface area contributed by atoms with Crippen LogP contribution in [-0.2, 0) is 0 Å². The Morgan fingerprint density at radius 2 is 2.08 bits per heavy atom. The molecule has 24 heavy (non-hydrogen) atoms. The Bertz CT molecular complexity index is 940. The van der Waals surface area contributed by atoms with Crippen molar-refractivity contribution in [2.75, 3.05) is 7.11 Å². The molecule has 0 aliphatic rings. The van der Waals surface area contributed by atoms with Crippen LogP contribution in [0.3, 0.4) is 0 Å². The first kappa shape index (κ1) is 16.4. The third-order valence-corrected chi connectivity index (χ3v) is 4.75. The van der Waals surface area contributed by atoms with Crippen LogP contribution in [0.5, 0.6) is 5.75 Å². The Morgan fingerprint density at radius 1 is 1.25 bits per heavy atom. The lowest BCUT2D eigenvalue weighted by Gasteiger charge is -2.01. The zero-order chi connectivity index (χ0) is 16.9. The number of rotatable bonds is 4. The van der Waals surface area contributed by atoms with Crippen LogP contribution in [0.25, 0.3) is 22.9 Å². The molecule has 1 aromatic heterocycles. The highest BCUT2D eigenvalue weighted by Crippen LogP contribution is 2.29. The van der Waals surface area contributed by atoms with E-state index in [0.29, 0.717) is 10.6 Å². The number of ether oxygens (including phenoxy) is 1. The minimum absolute atomic E-state index is 0.537. The zero-order valence-electron chi connectivity index (χ0n) is 12.9. The monoisotopic (exact) mass is 396 g/mol. The summed E-state index contributed by atoms with van der Waals surface area (Å²) in [4.78, 5) is 4.61. The number of nitriles is 1. The van der Waals surface area contributed by atoms with Crippen LogP contribution in [0, 0.1) is 11.3 Å². The van der Waals surface area contributed by atoms with Crippen LogP contribution in [0.1, 0.15) is 10.6 Å². The largest absolute Gasteiger partial charge is 0.497 e. The molecule has 0 N–H and O–H groups in total. The van der Waals surface area contributed by atoms with Crippen LogP contribution in [-0.4, -0.2) is 12.1 Å². The summed E-state index contributed by atoms with van der Waals surface area (Å²) >= 11 is 4.93. The molecule has 118 valence electrons. The third-order valence-electron chi connectivity index (χ3n) is 3.38. The van der Waals surface area contributed by atoms with E-state index in [9.17, 15) is 5.26 Å². The molecule has 0 amide bonds. The van der Waals surface area contributed by atoms with Crippen LogP contribution in [0.4, 0.5) is 0 Å². The van der Waals surface area contributed by atoms with E-state index in [1.54, 1.807) is 7.11 Å². The Morgan fingerprint density at radius 3 is 2.83 bits per heavy atom. The Balaban J connectivity index is 1.95. The van der Waals surface area contributed by atoms with E-state index >= 15 is 0 Å². The van der Waals surface area contributed by atoms with Gasteiger partial charge in [0.1, 0.15) is 16.8 Å². The molecule has 0 bridgehead atoms. The summed E-state index contributed by atoms with van der Waals surface area (Å²) < 4.78 is 6.22. The number of methoxy groups -OCH3 is 1. The second-order valence-corrected chi connectivity index (χ2v) is 6.77. The molecule has 0 fully saturated rings. The number of hydrogen-bond acceptors (Lipinski definition) is 4. The Hall–Kier alpha value is -2.42. The van der Waals surface area contributed by atoms with E-state index < -0.39 is 0 Å². The van der Waals surface area contributed by atoms with E-state index in [1.165, 1.54) is 11.3 Å². The second kappa shape index (κ2) is 7.43. The van der Waals surface area contributed by atoms with Gasteiger partial charge < -0.3 is 4.74 Å². The van der Waals surface area contributed by atoms with Gasteiger partial charge in [0.05, 0.1) is 18.4 Å². The van der Waals surface area contributed by atoms with Gasteiger partial charge in [-0.05, 0) is 35.9 Å². The average molecular weight is 397 g/mol. The van der Waals surface area contributed by atoms with Gasteiger partial charge in [0.15, 0.2) is 0 Å². The van der Waals surface area contributed by atoms with Gasteiger partial charge in [-0.3, -0.25) is 0 Å². The molecule has 0 radical (unpaired) electrons. The average Bonchev–Trinajstić information content (AvgIpc) is 3.10. The number of benzene rings is 2. The molecule has 2 aromatic carbocycles. The smallest absolute Gasteiger partial charge is 0.134 e. The van der Waals surface area contributed by atoms with Gasteiger partial charge >= 0.3 is 0 Å². The van der Waals surface area contributed by atoms with E-state index in [0.717, 1.165) is 27.0 Å². The van der Waals surface area contributed by atoms with Gasteiger partial charge in [0.2, 0.25) is 0 Å². The fraction of sp³-hybridized carbons (Fsp3) is 0.0526. The predicted molar refractivity (Wildman–Crippen MR) is 102 cm³/mol. The van der Waals surface area contributed by atoms with E-state index in [1.807, 2.05) is 60.0 Å². The minimum Gasteiger partial charge on any atom is -0.497 e. The first-order chi connectivity index (χ1) is 11.7. The predicted octanol–water partition coefficient (Wildman–Crippen LogP) is 5.65. The first-order valence-corrected chi connectivity index (χ1v) is 8.84. The number of aromatic nitrogens is 1. The van der Waals surface area contributed by atoms with Crippen molar-refractivity contribution in [1.29, 1.82) is 5.26 Å². The van der Waals surface area contributed by atoms with Crippen LogP contribution in [0.2, 0.25) is 0 Å². The fourth-order valence-corrected chi connectivity index (χ4v) is 3.41. The summed E-state index contributed by atoms with van der Waals surface area (Å²) in [6, 6.07) is 17.8. The summed E-state index contributed by atoms with van der Waals surface area (Å²) in [5, 5.41) is 12.2. The zero-order valence-corrected chi connectivity index (χ0v) is 15.3. The normalized spacial score (nSPS) is 11.1. The molecule has 0 saturated carbocycles. The molecule has 0 aliphatic carbocycles. The maximum atomic E-state index is 9.50. The molecule has 0 saturated heterocycles. The van der Waals surface area contributed by atoms with Crippen LogP contribution in [0.15, 0.2) is 58.4 Å². The van der Waals surface area contributed by atoms with E-state index in [-0.39, 0.29) is 0 Å². The summed E-state index contributed by atoms with van der Waals surface area (Å²) in [6.07, 6.45) is 1.83. The summed E-state index contributed by atoms with van der Waals surface area (Å²) in [5.74, 6) is 0.759. The molecule has 3 rings (SSSR count). The van der Waals surface area contributed by atoms with Crippen molar-refractivity contribution < 1.29 is 4.74 Å². The van der Waals surface area contributed by atoms with Crippen molar-refractivity contribution in [2.45, 2.75) is 0 Å². The number of thiazole rings is 1. The molecule has 1 heterocycles. The van der Waals surface area contributed by atoms with Gasteiger partial charge in [0.25, 0.3) is 0 Å². The fourth-order valence-electron chi connectivity index (χ4n) is 2.22. The Labute approximate surface area is 153 Å². The van der Waals surface area contributed by atoms with Crippen molar-refractivity contribution in [2.24, 2.45) is 0 Å². The van der Waals surface area contributed by atoms with Crippen LogP contribution < -0.4 is 4.74 Å². The lowest BCUT2D eigenvalue weighted by molar-refractivity contribution is 0.414. The van der Waals surface area contributed by atoms with Gasteiger partial charge in [-0.25, -0.2) is 4.98 Å². The van der Waals surface area contributed by atoms with Gasteiger partial charge in [-0.1, -0.05) is 40.2 Å². The van der Waals surface area contributed by atoms with Gasteiger partial charge in [-0.2, -0.15) is 5.26 Å². The van der Waals surface area contributed by atoms with E-state index in [4.69, 9.17) is 4.74 Å². The number of halogens is 1. The van der Waals surface area contributed by atoms with Crippen LogP contribution >= 0.6 is 27.3 Å². The quantitative estimate of drug-likeness (QED) is 0.535. The lowest BCUT2D eigenvalue weighted by atomic mass is 10.1. The highest BCUT2D eigenvalue weighted by atomic mass is 79.9. The SMILES string of the molecule is COc1cccc(/C=C(/C#N)c2nc(-c3cccc(Br)c3)cs2)c1. The molecule has 0 atom stereocenters. The standard InChI is InChI=1S/C19H13BrN2OS/c1-23-17-7-2-4-13(9-17)8-15(11-21)19-22-18(12-24-19)14-5-3-6-16(20)10-14/h2-10,12H,1H3/b15-8-. The Kier molecular flexibility index (Phi) is 5.09. The minimum atomic E-state index is 0.537. The van der Waals surface area contributed by atoms with Crippen molar-refractivity contribution in [3.63, 3.8) is 0 Å². The topological polar surface area (TPSA) is 45.9 Å². The van der Waals surface area contributed by atoms with Crippen molar-refractivity contribution in [1.82, 2.24) is 4.98 Å². The summed E-state index contributed by atoms with van der Waals surface area (Å²) in [5.41, 5.74) is 3.33. The first-order valence-electron chi connectivity index (χ1n) is 7.17. The van der Waals surface area contributed by atoms with Gasteiger partial charge in [-0.15, -0.1) is 11.3 Å². The summed E-state index contributed by atoms with van der Waals surface area (Å²) in [6.45, 7) is 0. The molecule has 3 nitrogen and oxygen atoms in total. The number of hydrogen-bond donors (Lipinski definition) is 0. The molecule has 0 unspecified atom stereocenters. The highest BCUT2D eigenvalue weighted by Gasteiger charge is 2.09. The molecular formula is C19H13BrN2OS. The molecular weight excluding hydrogens is 384 g/mol. The van der Waals surface area contributed by atoms with E-state index in [2.05, 4.69) is 27.0 Å². The molecule has 5 heteroatoms. The summed E-state index contributed by atoms with van der Waals surface area (Å²) in [7, 11) is 1.62. The molecule has 0 aliphatic heterocycles. The maximum absolute atomic E-state index is 9.50. The highest BCUT2D eigenvalue weighted by molar-refractivity contribution is 9.10. The lowest BCUT2D eigenvalue weighted by Crippen LogP contribution is -1.85.